The van der Waals surface area contributed by atoms with Crippen LogP contribution in [0.2, 0.25) is 0 Å². The Morgan fingerprint density at radius 1 is 0.840 bits per heavy atom. The Labute approximate surface area is 151 Å². The van der Waals surface area contributed by atoms with E-state index >= 15 is 0 Å². The molecule has 0 aliphatic carbocycles. The fourth-order valence-electron chi connectivity index (χ4n) is 2.96. The van der Waals surface area contributed by atoms with Crippen molar-refractivity contribution < 1.29 is 19.1 Å². The van der Waals surface area contributed by atoms with Crippen LogP contribution >= 0.6 is 6.19 Å². The van der Waals surface area contributed by atoms with E-state index in [9.17, 15) is 9.59 Å². The van der Waals surface area contributed by atoms with E-state index in [1.165, 1.54) is 14.2 Å². The molecule has 1 aliphatic heterocycles. The summed E-state index contributed by atoms with van der Waals surface area (Å²) in [6.07, 6.45) is -2.57. The van der Waals surface area contributed by atoms with Crippen molar-refractivity contribution in [1.82, 2.24) is 4.67 Å². The Hall–Kier alpha value is -2.01. The van der Waals surface area contributed by atoms with Crippen molar-refractivity contribution in [1.29, 1.82) is 0 Å². The van der Waals surface area contributed by atoms with Crippen LogP contribution in [0.15, 0.2) is 60.7 Å². The van der Waals surface area contributed by atoms with Crippen molar-refractivity contribution in [2.75, 3.05) is 14.2 Å². The van der Waals surface area contributed by atoms with Crippen molar-refractivity contribution in [2.24, 2.45) is 0 Å². The molecule has 1 aliphatic rings. The molecule has 3 rings (SSSR count). The zero-order valence-electron chi connectivity index (χ0n) is 13.9. The summed E-state index contributed by atoms with van der Waals surface area (Å²) >= 11 is 6.13. The predicted octanol–water partition coefficient (Wildman–Crippen LogP) is 1.43. The van der Waals surface area contributed by atoms with Crippen LogP contribution in [0.1, 0.15) is 0 Å². The number of ether oxygens (including phenoxy) is 2. The molecular formula is C18H18NO4PS. The molecule has 5 nitrogen and oxygen atoms in total. The second-order valence-electron chi connectivity index (χ2n) is 5.56. The second kappa shape index (κ2) is 7.08. The third kappa shape index (κ3) is 3.01. The van der Waals surface area contributed by atoms with Crippen molar-refractivity contribution >= 4 is 40.5 Å². The maximum absolute atomic E-state index is 12.2. The molecule has 1 saturated heterocycles. The van der Waals surface area contributed by atoms with E-state index in [-0.39, 0.29) is 0 Å². The van der Waals surface area contributed by atoms with E-state index in [1.807, 2.05) is 60.7 Å². The smallest absolute Gasteiger partial charge is 0.325 e. The van der Waals surface area contributed by atoms with Crippen molar-refractivity contribution in [3.63, 3.8) is 0 Å². The lowest BCUT2D eigenvalue weighted by atomic mass is 10.3. The van der Waals surface area contributed by atoms with Gasteiger partial charge in [-0.2, -0.15) is 0 Å². The quantitative estimate of drug-likeness (QED) is 0.448. The molecule has 2 aromatic carbocycles. The molecule has 0 saturated carbocycles. The zero-order chi connectivity index (χ0) is 18.0. The first-order valence-electron chi connectivity index (χ1n) is 7.71. The maximum atomic E-state index is 12.2. The van der Waals surface area contributed by atoms with Gasteiger partial charge in [-0.05, 0) is 0 Å². The zero-order valence-corrected chi connectivity index (χ0v) is 15.6. The summed E-state index contributed by atoms with van der Waals surface area (Å²) < 4.78 is 11.5. The minimum atomic E-state index is -2.57. The van der Waals surface area contributed by atoms with Gasteiger partial charge in [-0.15, -0.1) is 0 Å². The average molecular weight is 375 g/mol. The molecule has 0 bridgehead atoms. The number of nitrogens with zero attached hydrogens (tertiary/aromatic N) is 1. The maximum Gasteiger partial charge on any atom is 0.325 e. The molecule has 0 unspecified atom stereocenters. The Kier molecular flexibility index (Phi) is 5.04. The lowest BCUT2D eigenvalue weighted by Gasteiger charge is -2.25. The Morgan fingerprint density at radius 2 is 1.20 bits per heavy atom. The van der Waals surface area contributed by atoms with Gasteiger partial charge in [0.05, 0.1) is 20.4 Å². The number of benzene rings is 2. The van der Waals surface area contributed by atoms with Gasteiger partial charge >= 0.3 is 11.9 Å². The highest BCUT2D eigenvalue weighted by Crippen LogP contribution is 2.59. The van der Waals surface area contributed by atoms with Crippen LogP contribution in [0.4, 0.5) is 0 Å². The number of rotatable bonds is 5. The number of carbonyl (C=O) groups is 2. The van der Waals surface area contributed by atoms with Gasteiger partial charge in [0.25, 0.3) is 0 Å². The monoisotopic (exact) mass is 375 g/mol. The summed E-state index contributed by atoms with van der Waals surface area (Å²) in [5, 5.41) is 1.83. The summed E-state index contributed by atoms with van der Waals surface area (Å²) in [6.45, 7) is 0. The van der Waals surface area contributed by atoms with Gasteiger partial charge in [0.2, 0.25) is 0 Å². The highest BCUT2D eigenvalue weighted by Gasteiger charge is 2.64. The Bertz CT molecular complexity index is 762. The molecule has 0 aromatic heterocycles. The molecule has 0 spiro atoms. The van der Waals surface area contributed by atoms with Gasteiger partial charge in [0.15, 0.2) is 0 Å². The minimum Gasteiger partial charge on any atom is -0.468 e. The molecule has 1 fully saturated rings. The number of hydrogen-bond donors (Lipinski definition) is 0. The number of hydrogen-bond acceptors (Lipinski definition) is 5. The van der Waals surface area contributed by atoms with E-state index in [4.69, 9.17) is 21.3 Å². The van der Waals surface area contributed by atoms with Crippen LogP contribution in [-0.4, -0.2) is 42.9 Å². The van der Waals surface area contributed by atoms with Crippen LogP contribution in [-0.2, 0) is 30.9 Å². The summed E-state index contributed by atoms with van der Waals surface area (Å²) in [5.74, 6) is -0.951. The molecule has 7 heteroatoms. The molecule has 2 atom stereocenters. The van der Waals surface area contributed by atoms with Gasteiger partial charge in [-0.3, -0.25) is 9.59 Å². The van der Waals surface area contributed by atoms with E-state index in [0.29, 0.717) is 0 Å². The molecule has 2 aromatic rings. The first-order valence-corrected chi connectivity index (χ1v) is 10.5. The van der Waals surface area contributed by atoms with Gasteiger partial charge in [-0.1, -0.05) is 72.5 Å². The summed E-state index contributed by atoms with van der Waals surface area (Å²) in [7, 11) is 2.61. The standard InChI is InChI=1S/C18H18NO4PS/c1-22-17(20)15-16(18(21)23-2)19(15)24(25,13-9-5-3-6-10-13)14-11-7-4-8-12-14/h3-12,15-16H,1-2H3/t15-,16-/m0/s1. The van der Waals surface area contributed by atoms with Gasteiger partial charge in [0.1, 0.15) is 12.1 Å². The van der Waals surface area contributed by atoms with Crippen molar-refractivity contribution in [3.8, 4) is 0 Å². The van der Waals surface area contributed by atoms with Crippen molar-refractivity contribution in [2.45, 2.75) is 12.1 Å². The van der Waals surface area contributed by atoms with Gasteiger partial charge in [-0.25, -0.2) is 4.67 Å². The third-order valence-electron chi connectivity index (χ3n) is 4.20. The van der Waals surface area contributed by atoms with Crippen molar-refractivity contribution in [3.05, 3.63) is 60.7 Å². The van der Waals surface area contributed by atoms with Crippen LogP contribution in [0.3, 0.4) is 0 Å². The third-order valence-corrected chi connectivity index (χ3v) is 9.18. The van der Waals surface area contributed by atoms with Gasteiger partial charge in [0, 0.05) is 10.6 Å². The van der Waals surface area contributed by atoms with E-state index in [2.05, 4.69) is 0 Å². The fraction of sp³-hybridized carbons (Fsp3) is 0.222. The molecule has 25 heavy (non-hydrogen) atoms. The van der Waals surface area contributed by atoms with E-state index < -0.39 is 30.2 Å². The average Bonchev–Trinajstić information content (AvgIpc) is 3.43. The Balaban J connectivity index is 2.14. The predicted molar refractivity (Wildman–Crippen MR) is 99.9 cm³/mol. The first kappa shape index (κ1) is 17.8. The molecule has 0 amide bonds. The largest absolute Gasteiger partial charge is 0.468 e. The number of carbonyl (C=O) groups excluding carboxylic acids is 2. The topological polar surface area (TPSA) is 55.6 Å². The second-order valence-corrected chi connectivity index (χ2v) is 9.80. The fourth-order valence-corrected chi connectivity index (χ4v) is 7.37. The highest BCUT2D eigenvalue weighted by atomic mass is 32.4. The first-order chi connectivity index (χ1) is 12.1. The normalized spacial score (nSPS) is 22.1. The SMILES string of the molecule is COC(=O)[C@@H]1[C@@H](C(=O)OC)N1P(=S)(c1ccccc1)c1ccccc1. The lowest BCUT2D eigenvalue weighted by Crippen LogP contribution is -2.25. The highest BCUT2D eigenvalue weighted by molar-refractivity contribution is 8.20. The molecule has 130 valence electrons. The molecule has 1 heterocycles. The number of esters is 2. The van der Waals surface area contributed by atoms with Gasteiger partial charge < -0.3 is 9.47 Å². The van der Waals surface area contributed by atoms with Crippen LogP contribution in [0, 0.1) is 0 Å². The van der Waals surface area contributed by atoms with Crippen LogP contribution < -0.4 is 10.6 Å². The lowest BCUT2D eigenvalue weighted by molar-refractivity contribution is -0.144. The summed E-state index contributed by atoms with van der Waals surface area (Å²) in [6, 6.07) is 17.8. The number of methoxy groups -OCH3 is 2. The van der Waals surface area contributed by atoms with Crippen LogP contribution in [0.25, 0.3) is 0 Å². The van der Waals surface area contributed by atoms with E-state index in [0.717, 1.165) is 10.6 Å². The summed E-state index contributed by atoms with van der Waals surface area (Å²) in [4.78, 5) is 24.4. The molecular weight excluding hydrogens is 357 g/mol. The van der Waals surface area contributed by atoms with E-state index in [1.54, 1.807) is 4.67 Å². The molecule has 0 N–H and O–H groups in total. The van der Waals surface area contributed by atoms with Crippen LogP contribution in [0.5, 0.6) is 0 Å². The minimum absolute atomic E-state index is 0.475. The Morgan fingerprint density at radius 3 is 1.52 bits per heavy atom. The summed E-state index contributed by atoms with van der Waals surface area (Å²) in [5.41, 5.74) is 0. The molecule has 0 radical (unpaired) electrons.